The summed E-state index contributed by atoms with van der Waals surface area (Å²) in [7, 11) is -3.72. The van der Waals surface area contributed by atoms with E-state index >= 15 is 0 Å². The Bertz CT molecular complexity index is 2330. The van der Waals surface area contributed by atoms with E-state index in [-0.39, 0.29) is 45.2 Å². The molecule has 1 fully saturated rings. The van der Waals surface area contributed by atoms with Gasteiger partial charge in [-0.3, -0.25) is 28.5 Å². The van der Waals surface area contributed by atoms with Crippen LogP contribution >= 0.6 is 7.60 Å². The van der Waals surface area contributed by atoms with Crippen molar-refractivity contribution >= 4 is 47.9 Å². The smallest absolute Gasteiger partial charge is 0.335 e. The molecule has 7 N–H and O–H groups in total. The molecular weight excluding hydrogens is 810 g/mol. The number of carbonyl (C=O) groups excluding carboxylic acids is 5. The first-order valence-electron chi connectivity index (χ1n) is 20.5. The number of hydrogen-bond donors (Lipinski definition) is 5. The molecule has 324 valence electrons. The predicted molar refractivity (Wildman–Crippen MR) is 234 cm³/mol. The largest absolute Gasteiger partial charge is 0.484 e. The van der Waals surface area contributed by atoms with Crippen molar-refractivity contribution in [3.8, 4) is 5.75 Å². The summed E-state index contributed by atoms with van der Waals surface area (Å²) in [5.74, 6) is -2.99. The Morgan fingerprint density at radius 1 is 0.645 bits per heavy atom. The first kappa shape index (κ1) is 45.2. The summed E-state index contributed by atoms with van der Waals surface area (Å²) in [5.41, 5.74) is 12.2. The average Bonchev–Trinajstić information content (AvgIpc) is 3.27. The zero-order chi connectivity index (χ0) is 44.0. The van der Waals surface area contributed by atoms with Gasteiger partial charge in [-0.2, -0.15) is 0 Å². The van der Waals surface area contributed by atoms with Gasteiger partial charge >= 0.3 is 7.60 Å². The monoisotopic (exact) mass is 861 g/mol. The second kappa shape index (κ2) is 21.4. The Morgan fingerprint density at radius 3 is 1.84 bits per heavy atom. The van der Waals surface area contributed by atoms with Crippen LogP contribution in [0.5, 0.6) is 5.75 Å². The highest BCUT2D eigenvalue weighted by atomic mass is 31.2. The fourth-order valence-corrected chi connectivity index (χ4v) is 8.99. The predicted octanol–water partition coefficient (Wildman–Crippen LogP) is 6.26. The molecule has 5 aromatic carbocycles. The van der Waals surface area contributed by atoms with Crippen LogP contribution in [0.1, 0.15) is 73.2 Å². The van der Waals surface area contributed by atoms with Gasteiger partial charge in [0.2, 0.25) is 23.6 Å². The van der Waals surface area contributed by atoms with Crippen LogP contribution in [-0.4, -0.2) is 47.7 Å². The Kier molecular flexibility index (Phi) is 15.6. The third-order valence-electron chi connectivity index (χ3n) is 10.7. The number of benzene rings is 5. The van der Waals surface area contributed by atoms with E-state index in [1.165, 1.54) is 0 Å². The number of nitrogens with two attached hydrogens (primary N) is 2. The molecule has 15 heteroatoms. The summed E-state index contributed by atoms with van der Waals surface area (Å²) in [4.78, 5) is 65.1. The van der Waals surface area contributed by atoms with Crippen molar-refractivity contribution < 1.29 is 42.3 Å². The molecular formula is C47H52N5O9P. The van der Waals surface area contributed by atoms with Crippen molar-refractivity contribution in [1.29, 1.82) is 0 Å². The van der Waals surface area contributed by atoms with Gasteiger partial charge in [0.15, 0.2) is 6.61 Å². The normalized spacial score (nSPS) is 14.5. The maximum Gasteiger partial charge on any atom is 0.335 e. The topological polar surface area (TPSA) is 218 Å². The van der Waals surface area contributed by atoms with E-state index in [1.807, 2.05) is 97.1 Å². The van der Waals surface area contributed by atoms with Gasteiger partial charge in [0.05, 0.1) is 38.3 Å². The zero-order valence-corrected chi connectivity index (χ0v) is 35.2. The van der Waals surface area contributed by atoms with Gasteiger partial charge in [-0.15, -0.1) is 0 Å². The molecule has 14 nitrogen and oxygen atoms in total. The lowest BCUT2D eigenvalue weighted by Gasteiger charge is -2.37. The van der Waals surface area contributed by atoms with Gasteiger partial charge in [-0.05, 0) is 58.0 Å². The molecule has 1 saturated carbocycles. The molecule has 0 bridgehead atoms. The summed E-state index contributed by atoms with van der Waals surface area (Å²) in [6.45, 7) is -0.206. The van der Waals surface area contributed by atoms with Crippen LogP contribution in [0.4, 0.5) is 0 Å². The molecule has 62 heavy (non-hydrogen) atoms. The SMILES string of the molecule is NC(=O)C[C@H](NC(=O)C1(NC(=O)C[C@H](NC(=O)COc2ccc3ccccc3c2)c2ccc(CP(=O)(OCc3ccccc3)OCc3ccccc3)cc2)CCCCC1)C(N)=O. The van der Waals surface area contributed by atoms with Gasteiger partial charge in [-0.1, -0.05) is 135 Å². The molecule has 5 amide bonds. The van der Waals surface area contributed by atoms with Crippen LogP contribution in [-0.2, 0) is 57.0 Å². The minimum absolute atomic E-state index is 0.0518. The van der Waals surface area contributed by atoms with Crippen LogP contribution in [0.2, 0.25) is 0 Å². The molecule has 6 rings (SSSR count). The second-order valence-electron chi connectivity index (χ2n) is 15.4. The van der Waals surface area contributed by atoms with E-state index in [2.05, 4.69) is 16.0 Å². The molecule has 1 aliphatic rings. The van der Waals surface area contributed by atoms with E-state index in [4.69, 9.17) is 25.3 Å². The molecule has 0 saturated heterocycles. The first-order chi connectivity index (χ1) is 29.9. The van der Waals surface area contributed by atoms with Crippen molar-refractivity contribution in [2.75, 3.05) is 6.61 Å². The summed E-state index contributed by atoms with van der Waals surface area (Å²) >= 11 is 0. The lowest BCUT2D eigenvalue weighted by Crippen LogP contribution is -2.62. The minimum atomic E-state index is -3.72. The Labute approximate surface area is 360 Å². The maximum absolute atomic E-state index is 14.3. The molecule has 0 unspecified atom stereocenters. The molecule has 2 atom stereocenters. The summed E-state index contributed by atoms with van der Waals surface area (Å²) < 4.78 is 32.1. The number of ether oxygens (including phenoxy) is 1. The number of primary amides is 2. The average molecular weight is 862 g/mol. The number of amides is 5. The summed E-state index contributed by atoms with van der Waals surface area (Å²) in [6.07, 6.45) is 1.78. The quantitative estimate of drug-likeness (QED) is 0.0526. The lowest BCUT2D eigenvalue weighted by atomic mass is 9.80. The molecule has 0 radical (unpaired) electrons. The number of rotatable bonds is 21. The molecule has 0 spiro atoms. The zero-order valence-electron chi connectivity index (χ0n) is 34.3. The fourth-order valence-electron chi connectivity index (χ4n) is 7.38. The van der Waals surface area contributed by atoms with E-state index in [9.17, 15) is 28.5 Å². The van der Waals surface area contributed by atoms with Crippen molar-refractivity contribution in [2.45, 2.75) is 81.9 Å². The van der Waals surface area contributed by atoms with Crippen LogP contribution in [0.15, 0.2) is 127 Å². The number of nitrogens with one attached hydrogen (secondary N) is 3. The summed E-state index contributed by atoms with van der Waals surface area (Å²) in [5, 5.41) is 10.3. The van der Waals surface area contributed by atoms with Crippen molar-refractivity contribution in [2.24, 2.45) is 11.5 Å². The second-order valence-corrected chi connectivity index (χ2v) is 17.5. The van der Waals surface area contributed by atoms with Crippen LogP contribution in [0.3, 0.4) is 0 Å². The number of hydrogen-bond acceptors (Lipinski definition) is 9. The maximum atomic E-state index is 14.3. The third kappa shape index (κ3) is 13.1. The Balaban J connectivity index is 1.21. The van der Waals surface area contributed by atoms with E-state index in [1.54, 1.807) is 30.3 Å². The van der Waals surface area contributed by atoms with Gasteiger partial charge in [0.1, 0.15) is 17.3 Å². The lowest BCUT2D eigenvalue weighted by molar-refractivity contribution is -0.138. The number of carbonyl (C=O) groups is 5. The standard InChI is InChI=1S/C47H52N5O9P/c48-42(53)27-41(45(49)56)51-46(57)47(24-10-3-11-25-47)52-43(54)28-40(50-44(55)31-59-39-23-22-36-16-8-9-17-38(36)26-39)37-20-18-35(19-21-37)32-62(58,60-29-33-12-4-1-5-13-33)61-30-34-14-6-2-7-15-34/h1-2,4-9,12-23,26,40-41H,3,10-11,24-25,27-32H2,(H2,48,53)(H2,49,56)(H,50,55)(H,51,57)(H,52,54)/t40-,41-/m0/s1. The molecule has 1 aliphatic carbocycles. The highest BCUT2D eigenvalue weighted by molar-refractivity contribution is 7.52. The van der Waals surface area contributed by atoms with Crippen molar-refractivity contribution in [1.82, 2.24) is 16.0 Å². The summed E-state index contributed by atoms with van der Waals surface area (Å²) in [6, 6.07) is 36.7. The van der Waals surface area contributed by atoms with E-state index in [0.717, 1.165) is 28.3 Å². The Morgan fingerprint density at radius 2 is 1.24 bits per heavy atom. The van der Waals surface area contributed by atoms with Crippen LogP contribution < -0.4 is 32.2 Å². The Hall–Kier alpha value is -6.34. The van der Waals surface area contributed by atoms with E-state index in [0.29, 0.717) is 29.7 Å². The highest BCUT2D eigenvalue weighted by Gasteiger charge is 2.42. The number of fused-ring (bicyclic) bond motifs is 1. The molecule has 5 aromatic rings. The van der Waals surface area contributed by atoms with Gasteiger partial charge in [0, 0.05) is 0 Å². The van der Waals surface area contributed by atoms with Gasteiger partial charge in [0.25, 0.3) is 5.91 Å². The molecule has 0 aliphatic heterocycles. The van der Waals surface area contributed by atoms with Gasteiger partial charge in [-0.25, -0.2) is 0 Å². The first-order valence-corrected chi connectivity index (χ1v) is 22.3. The van der Waals surface area contributed by atoms with Crippen molar-refractivity contribution in [3.63, 3.8) is 0 Å². The van der Waals surface area contributed by atoms with Crippen molar-refractivity contribution in [3.05, 3.63) is 150 Å². The highest BCUT2D eigenvalue weighted by Crippen LogP contribution is 2.53. The molecule has 0 aromatic heterocycles. The van der Waals surface area contributed by atoms with Crippen LogP contribution in [0.25, 0.3) is 10.8 Å². The fraction of sp³-hybridized carbons (Fsp3) is 0.298. The van der Waals surface area contributed by atoms with Gasteiger partial charge < -0.3 is 41.2 Å². The minimum Gasteiger partial charge on any atom is -0.484 e. The molecule has 0 heterocycles. The van der Waals surface area contributed by atoms with E-state index < -0.39 is 61.2 Å². The van der Waals surface area contributed by atoms with Crippen LogP contribution in [0, 0.1) is 0 Å². The third-order valence-corrected chi connectivity index (χ3v) is 12.5.